The molecule has 0 amide bonds. The van der Waals surface area contributed by atoms with Crippen molar-refractivity contribution < 1.29 is 4.74 Å². The maximum atomic E-state index is 5.64. The molecule has 1 N–H and O–H groups in total. The minimum Gasteiger partial charge on any atom is -0.376 e. The Bertz CT molecular complexity index is 421. The van der Waals surface area contributed by atoms with E-state index in [1.807, 2.05) is 0 Å². The van der Waals surface area contributed by atoms with Crippen molar-refractivity contribution in [1.29, 1.82) is 0 Å². The second-order valence-electron chi connectivity index (χ2n) is 6.44. The van der Waals surface area contributed by atoms with Gasteiger partial charge < -0.3 is 10.1 Å². The Morgan fingerprint density at radius 2 is 1.90 bits per heavy atom. The van der Waals surface area contributed by atoms with Gasteiger partial charge in [-0.15, -0.1) is 0 Å². The number of nitrogens with one attached hydrogen (secondary N) is 1. The summed E-state index contributed by atoms with van der Waals surface area (Å²) < 4.78 is 5.64. The number of ether oxygens (including phenoxy) is 1. The van der Waals surface area contributed by atoms with E-state index < -0.39 is 0 Å². The van der Waals surface area contributed by atoms with Crippen molar-refractivity contribution in [2.24, 2.45) is 0 Å². The molecule has 1 aliphatic rings. The van der Waals surface area contributed by atoms with E-state index in [1.165, 1.54) is 6.42 Å². The molecule has 1 fully saturated rings. The highest BCUT2D eigenvalue weighted by atomic mass is 16.5. The largest absolute Gasteiger partial charge is 0.376 e. The summed E-state index contributed by atoms with van der Waals surface area (Å²) in [6.07, 6.45) is 3.53. The van der Waals surface area contributed by atoms with Crippen LogP contribution in [0.25, 0.3) is 0 Å². The lowest BCUT2D eigenvalue weighted by atomic mass is 9.80. The lowest BCUT2D eigenvalue weighted by Gasteiger charge is -2.40. The van der Waals surface area contributed by atoms with Crippen molar-refractivity contribution in [2.75, 3.05) is 19.0 Å². The van der Waals surface area contributed by atoms with Gasteiger partial charge in [-0.3, -0.25) is 0 Å². The van der Waals surface area contributed by atoms with Gasteiger partial charge in [-0.1, -0.05) is 27.7 Å². The molecule has 1 aromatic heterocycles. The zero-order valence-corrected chi connectivity index (χ0v) is 13.4. The summed E-state index contributed by atoms with van der Waals surface area (Å²) >= 11 is 0. The van der Waals surface area contributed by atoms with Crippen molar-refractivity contribution in [3.63, 3.8) is 0 Å². The molecule has 1 heterocycles. The van der Waals surface area contributed by atoms with Gasteiger partial charge in [0, 0.05) is 31.3 Å². The van der Waals surface area contributed by atoms with Gasteiger partial charge in [-0.25, -0.2) is 9.97 Å². The zero-order chi connectivity index (χ0) is 14.8. The number of methoxy groups -OCH3 is 1. The van der Waals surface area contributed by atoms with Gasteiger partial charge in [-0.2, -0.15) is 0 Å². The first-order valence-corrected chi connectivity index (χ1v) is 7.64. The fourth-order valence-electron chi connectivity index (χ4n) is 2.41. The summed E-state index contributed by atoms with van der Waals surface area (Å²) in [5, 5.41) is 3.45. The minimum atomic E-state index is 0.0148. The molecule has 0 radical (unpaired) electrons. The average Bonchev–Trinajstić information content (AvgIpc) is 2.37. The first-order chi connectivity index (χ1) is 9.46. The van der Waals surface area contributed by atoms with Crippen molar-refractivity contribution in [3.05, 3.63) is 17.6 Å². The fraction of sp³-hybridized carbons (Fsp3) is 0.750. The second kappa shape index (κ2) is 6.08. The van der Waals surface area contributed by atoms with E-state index in [9.17, 15) is 0 Å². The van der Waals surface area contributed by atoms with Crippen molar-refractivity contribution in [1.82, 2.24) is 9.97 Å². The third-order valence-electron chi connectivity index (χ3n) is 4.16. The van der Waals surface area contributed by atoms with E-state index in [-0.39, 0.29) is 5.60 Å². The molecule has 0 atom stereocenters. The Hall–Kier alpha value is -1.16. The second-order valence-corrected chi connectivity index (χ2v) is 6.44. The van der Waals surface area contributed by atoms with Crippen LogP contribution < -0.4 is 5.32 Å². The lowest BCUT2D eigenvalue weighted by molar-refractivity contribution is -0.0601. The minimum absolute atomic E-state index is 0.0148. The van der Waals surface area contributed by atoms with E-state index in [0.29, 0.717) is 11.8 Å². The SMILES string of the molecule is COC1(CNc2cc(C(C)C)nc(C(C)C)n2)CCC1. The average molecular weight is 277 g/mol. The van der Waals surface area contributed by atoms with Crippen molar-refractivity contribution >= 4 is 5.82 Å². The molecule has 2 rings (SSSR count). The van der Waals surface area contributed by atoms with Crippen LogP contribution in [0.3, 0.4) is 0 Å². The molecule has 4 nitrogen and oxygen atoms in total. The number of hydrogen-bond donors (Lipinski definition) is 1. The summed E-state index contributed by atoms with van der Waals surface area (Å²) in [5.74, 6) is 2.60. The van der Waals surface area contributed by atoms with Gasteiger partial charge >= 0.3 is 0 Å². The number of nitrogens with zero attached hydrogens (tertiary/aromatic N) is 2. The third-order valence-corrected chi connectivity index (χ3v) is 4.16. The molecule has 112 valence electrons. The predicted molar refractivity (Wildman–Crippen MR) is 82.3 cm³/mol. The van der Waals surface area contributed by atoms with E-state index in [2.05, 4.69) is 49.0 Å². The molecule has 1 aliphatic carbocycles. The molecule has 1 saturated carbocycles. The molecule has 0 saturated heterocycles. The normalized spacial score (nSPS) is 17.4. The standard InChI is InChI=1S/C16H27N3O/c1-11(2)13-9-14(19-15(18-13)12(3)4)17-10-16(20-5)7-6-8-16/h9,11-12H,6-8,10H2,1-5H3,(H,17,18,19). The summed E-state index contributed by atoms with van der Waals surface area (Å²) in [5.41, 5.74) is 1.12. The monoisotopic (exact) mass is 277 g/mol. The van der Waals surface area contributed by atoms with Crippen LogP contribution in [-0.4, -0.2) is 29.2 Å². The predicted octanol–water partition coefficient (Wildman–Crippen LogP) is 3.70. The topological polar surface area (TPSA) is 47.0 Å². The molecule has 0 aliphatic heterocycles. The third kappa shape index (κ3) is 3.29. The Labute approximate surface area is 122 Å². The zero-order valence-electron chi connectivity index (χ0n) is 13.4. The Kier molecular flexibility index (Phi) is 4.63. The number of hydrogen-bond acceptors (Lipinski definition) is 4. The van der Waals surface area contributed by atoms with Crippen LogP contribution in [0.5, 0.6) is 0 Å². The van der Waals surface area contributed by atoms with Crippen molar-refractivity contribution in [2.45, 2.75) is 64.4 Å². The lowest BCUT2D eigenvalue weighted by Crippen LogP contribution is -2.45. The molecular formula is C16H27N3O. The summed E-state index contributed by atoms with van der Waals surface area (Å²) in [6.45, 7) is 9.42. The maximum absolute atomic E-state index is 5.64. The molecule has 1 aromatic rings. The molecule has 0 unspecified atom stereocenters. The Morgan fingerprint density at radius 1 is 1.20 bits per heavy atom. The van der Waals surface area contributed by atoms with Crippen LogP contribution in [0, 0.1) is 0 Å². The first-order valence-electron chi connectivity index (χ1n) is 7.64. The van der Waals surface area contributed by atoms with Crippen LogP contribution in [-0.2, 0) is 4.74 Å². The van der Waals surface area contributed by atoms with E-state index >= 15 is 0 Å². The van der Waals surface area contributed by atoms with Gasteiger partial charge in [0.15, 0.2) is 0 Å². The number of rotatable bonds is 6. The Morgan fingerprint density at radius 3 is 2.35 bits per heavy atom. The molecule has 0 aromatic carbocycles. The van der Waals surface area contributed by atoms with Crippen LogP contribution in [0.4, 0.5) is 5.82 Å². The van der Waals surface area contributed by atoms with Gasteiger partial charge in [0.05, 0.1) is 5.60 Å². The number of anilines is 1. The van der Waals surface area contributed by atoms with Crippen LogP contribution in [0.1, 0.15) is 70.3 Å². The smallest absolute Gasteiger partial charge is 0.133 e. The molecular weight excluding hydrogens is 250 g/mol. The van der Waals surface area contributed by atoms with Crippen LogP contribution in [0.15, 0.2) is 6.07 Å². The van der Waals surface area contributed by atoms with E-state index in [0.717, 1.165) is 36.7 Å². The molecule has 20 heavy (non-hydrogen) atoms. The van der Waals surface area contributed by atoms with E-state index in [1.54, 1.807) is 7.11 Å². The van der Waals surface area contributed by atoms with Crippen LogP contribution in [0.2, 0.25) is 0 Å². The fourth-order valence-corrected chi connectivity index (χ4v) is 2.41. The highest BCUT2D eigenvalue weighted by Gasteiger charge is 2.36. The van der Waals surface area contributed by atoms with Gasteiger partial charge in [-0.05, 0) is 25.2 Å². The molecule has 4 heteroatoms. The highest BCUT2D eigenvalue weighted by Crippen LogP contribution is 2.35. The quantitative estimate of drug-likeness (QED) is 0.861. The first kappa shape index (κ1) is 15.2. The Balaban J connectivity index is 2.13. The summed E-state index contributed by atoms with van der Waals surface area (Å²) in [6, 6.07) is 2.07. The van der Waals surface area contributed by atoms with Crippen molar-refractivity contribution in [3.8, 4) is 0 Å². The van der Waals surface area contributed by atoms with Crippen LogP contribution >= 0.6 is 0 Å². The van der Waals surface area contributed by atoms with Gasteiger partial charge in [0.1, 0.15) is 11.6 Å². The number of aromatic nitrogens is 2. The maximum Gasteiger partial charge on any atom is 0.133 e. The summed E-state index contributed by atoms with van der Waals surface area (Å²) in [7, 11) is 1.81. The van der Waals surface area contributed by atoms with Gasteiger partial charge in [0.25, 0.3) is 0 Å². The summed E-state index contributed by atoms with van der Waals surface area (Å²) in [4.78, 5) is 9.28. The molecule has 0 spiro atoms. The van der Waals surface area contributed by atoms with E-state index in [4.69, 9.17) is 4.74 Å². The van der Waals surface area contributed by atoms with Gasteiger partial charge in [0.2, 0.25) is 0 Å². The highest BCUT2D eigenvalue weighted by molar-refractivity contribution is 5.38. The molecule has 0 bridgehead atoms.